The van der Waals surface area contributed by atoms with Crippen LogP contribution >= 0.6 is 0 Å². The van der Waals surface area contributed by atoms with Crippen molar-refractivity contribution in [3.8, 4) is 0 Å². The van der Waals surface area contributed by atoms with Crippen molar-refractivity contribution in [2.45, 2.75) is 39.7 Å². The Morgan fingerprint density at radius 3 is 2.57 bits per heavy atom. The molecule has 1 heterocycles. The van der Waals surface area contributed by atoms with Gasteiger partial charge in [0.2, 0.25) is 0 Å². The first-order valence-corrected chi connectivity index (χ1v) is 5.37. The fourth-order valence-corrected chi connectivity index (χ4v) is 1.59. The number of nitrogens with zero attached hydrogens (tertiary/aromatic N) is 1. The van der Waals surface area contributed by atoms with Gasteiger partial charge in [0, 0.05) is 17.9 Å². The van der Waals surface area contributed by atoms with Crippen molar-refractivity contribution in [2.75, 3.05) is 7.05 Å². The maximum absolute atomic E-state index is 4.50. The van der Waals surface area contributed by atoms with Gasteiger partial charge in [-0.05, 0) is 37.9 Å². The third-order valence-electron chi connectivity index (χ3n) is 2.73. The first-order valence-electron chi connectivity index (χ1n) is 5.37. The quantitative estimate of drug-likeness (QED) is 0.792. The van der Waals surface area contributed by atoms with E-state index in [-0.39, 0.29) is 0 Å². The molecule has 0 aliphatic rings. The molecule has 0 aromatic carbocycles. The van der Waals surface area contributed by atoms with Crippen LogP contribution in [0.3, 0.4) is 0 Å². The highest BCUT2D eigenvalue weighted by molar-refractivity contribution is 5.27. The predicted octanol–water partition coefficient (Wildman–Crippen LogP) is 2.49. The highest BCUT2D eigenvalue weighted by Gasteiger charge is 2.06. The third kappa shape index (κ3) is 2.32. The van der Waals surface area contributed by atoms with Crippen LogP contribution in [0.15, 0.2) is 12.3 Å². The maximum atomic E-state index is 4.50. The number of hydrogen-bond donors (Lipinski definition) is 1. The largest absolute Gasteiger partial charge is 0.313 e. The summed E-state index contributed by atoms with van der Waals surface area (Å²) in [6.07, 6.45) is 4.08. The Bertz CT molecular complexity index is 294. The van der Waals surface area contributed by atoms with Crippen molar-refractivity contribution in [1.29, 1.82) is 0 Å². The number of hydrogen-bond acceptors (Lipinski definition) is 2. The molecule has 0 radical (unpaired) electrons. The van der Waals surface area contributed by atoms with Crippen molar-refractivity contribution >= 4 is 0 Å². The van der Waals surface area contributed by atoms with Gasteiger partial charge in [-0.3, -0.25) is 4.98 Å². The molecule has 78 valence electrons. The summed E-state index contributed by atoms with van der Waals surface area (Å²) in [5, 5.41) is 3.23. The van der Waals surface area contributed by atoms with E-state index in [2.05, 4.69) is 37.1 Å². The zero-order chi connectivity index (χ0) is 10.6. The molecule has 1 N–H and O–H groups in total. The van der Waals surface area contributed by atoms with Gasteiger partial charge in [-0.15, -0.1) is 0 Å². The molecule has 0 saturated carbocycles. The van der Waals surface area contributed by atoms with Gasteiger partial charge in [-0.2, -0.15) is 0 Å². The van der Waals surface area contributed by atoms with Gasteiger partial charge >= 0.3 is 0 Å². The van der Waals surface area contributed by atoms with Crippen molar-refractivity contribution in [2.24, 2.45) is 0 Å². The molecular weight excluding hydrogens is 172 g/mol. The molecule has 0 fully saturated rings. The second-order valence-corrected chi connectivity index (χ2v) is 3.59. The van der Waals surface area contributed by atoms with Gasteiger partial charge < -0.3 is 5.32 Å². The molecule has 2 nitrogen and oxygen atoms in total. The molecule has 1 aromatic rings. The lowest BCUT2D eigenvalue weighted by Crippen LogP contribution is -2.13. The van der Waals surface area contributed by atoms with Gasteiger partial charge in [0.25, 0.3) is 0 Å². The molecule has 0 amide bonds. The SMILES string of the molecule is CCc1cc(C(C)NC)cnc1CC. The Labute approximate surface area is 86.8 Å². The molecule has 14 heavy (non-hydrogen) atoms. The molecule has 0 aliphatic carbocycles. The minimum Gasteiger partial charge on any atom is -0.313 e. The van der Waals surface area contributed by atoms with E-state index in [0.717, 1.165) is 12.8 Å². The second-order valence-electron chi connectivity index (χ2n) is 3.59. The minimum atomic E-state index is 0.388. The zero-order valence-electron chi connectivity index (χ0n) is 9.59. The number of aromatic nitrogens is 1. The summed E-state index contributed by atoms with van der Waals surface area (Å²) in [7, 11) is 1.98. The first-order chi connectivity index (χ1) is 6.72. The lowest BCUT2D eigenvalue weighted by atomic mass is 10.0. The topological polar surface area (TPSA) is 24.9 Å². The molecule has 0 aliphatic heterocycles. The number of aryl methyl sites for hydroxylation is 2. The summed E-state index contributed by atoms with van der Waals surface area (Å²) >= 11 is 0. The summed E-state index contributed by atoms with van der Waals surface area (Å²) in [6.45, 7) is 6.49. The van der Waals surface area contributed by atoms with Gasteiger partial charge in [0.1, 0.15) is 0 Å². The molecule has 0 spiro atoms. The fourth-order valence-electron chi connectivity index (χ4n) is 1.59. The van der Waals surface area contributed by atoms with Crippen molar-refractivity contribution < 1.29 is 0 Å². The van der Waals surface area contributed by atoms with Crippen molar-refractivity contribution in [3.63, 3.8) is 0 Å². The first kappa shape index (κ1) is 11.2. The monoisotopic (exact) mass is 192 g/mol. The highest BCUT2D eigenvalue weighted by Crippen LogP contribution is 2.16. The van der Waals surface area contributed by atoms with Gasteiger partial charge in [-0.25, -0.2) is 0 Å². The van der Waals surface area contributed by atoms with E-state index in [1.54, 1.807) is 0 Å². The summed E-state index contributed by atoms with van der Waals surface area (Å²) in [5.41, 5.74) is 3.90. The summed E-state index contributed by atoms with van der Waals surface area (Å²) in [5.74, 6) is 0. The van der Waals surface area contributed by atoms with Gasteiger partial charge in [0.05, 0.1) is 0 Å². The standard InChI is InChI=1S/C12H20N2/c1-5-10-7-11(9(3)13-4)8-14-12(10)6-2/h7-9,13H,5-6H2,1-4H3. The predicted molar refractivity (Wildman–Crippen MR) is 60.5 cm³/mol. The van der Waals surface area contributed by atoms with Crippen molar-refractivity contribution in [3.05, 3.63) is 29.1 Å². The zero-order valence-corrected chi connectivity index (χ0v) is 9.59. The average Bonchev–Trinajstić information content (AvgIpc) is 2.26. The lowest BCUT2D eigenvalue weighted by Gasteiger charge is -2.13. The van der Waals surface area contributed by atoms with Gasteiger partial charge in [-0.1, -0.05) is 19.9 Å². The van der Waals surface area contributed by atoms with E-state index in [9.17, 15) is 0 Å². The van der Waals surface area contributed by atoms with Crippen LogP contribution in [0, 0.1) is 0 Å². The van der Waals surface area contributed by atoms with Crippen molar-refractivity contribution in [1.82, 2.24) is 10.3 Å². The second kappa shape index (κ2) is 5.11. The van der Waals surface area contributed by atoms with Crippen LogP contribution < -0.4 is 5.32 Å². The van der Waals surface area contributed by atoms with Crippen LogP contribution in [0.1, 0.15) is 43.6 Å². The number of rotatable bonds is 4. The Kier molecular flexibility index (Phi) is 4.08. The van der Waals surface area contributed by atoms with Crippen LogP contribution in [0.25, 0.3) is 0 Å². The summed E-state index contributed by atoms with van der Waals surface area (Å²) in [6, 6.07) is 2.66. The van der Waals surface area contributed by atoms with Crippen LogP contribution in [0.4, 0.5) is 0 Å². The Morgan fingerprint density at radius 1 is 1.36 bits per heavy atom. The van der Waals surface area contributed by atoms with Crippen LogP contribution in [-0.4, -0.2) is 12.0 Å². The smallest absolute Gasteiger partial charge is 0.0432 e. The van der Waals surface area contributed by atoms with E-state index in [1.165, 1.54) is 16.8 Å². The average molecular weight is 192 g/mol. The highest BCUT2D eigenvalue weighted by atomic mass is 14.9. The number of pyridine rings is 1. The van der Waals surface area contributed by atoms with Gasteiger partial charge in [0.15, 0.2) is 0 Å². The summed E-state index contributed by atoms with van der Waals surface area (Å²) in [4.78, 5) is 4.50. The molecule has 1 atom stereocenters. The van der Waals surface area contributed by atoms with Crippen LogP contribution in [0.5, 0.6) is 0 Å². The fraction of sp³-hybridized carbons (Fsp3) is 0.583. The lowest BCUT2D eigenvalue weighted by molar-refractivity contribution is 0.647. The molecule has 1 rings (SSSR count). The van der Waals surface area contributed by atoms with Crippen LogP contribution in [-0.2, 0) is 12.8 Å². The van der Waals surface area contributed by atoms with Crippen LogP contribution in [0.2, 0.25) is 0 Å². The molecule has 0 saturated heterocycles. The third-order valence-corrected chi connectivity index (χ3v) is 2.73. The minimum absolute atomic E-state index is 0.388. The Hall–Kier alpha value is -0.890. The number of nitrogens with one attached hydrogen (secondary N) is 1. The normalized spacial score (nSPS) is 12.9. The Balaban J connectivity index is 3.01. The molecule has 1 aromatic heterocycles. The summed E-state index contributed by atoms with van der Waals surface area (Å²) < 4.78 is 0. The maximum Gasteiger partial charge on any atom is 0.0432 e. The molecule has 2 heteroatoms. The van der Waals surface area contributed by atoms with E-state index in [4.69, 9.17) is 0 Å². The molecular formula is C12H20N2. The Morgan fingerprint density at radius 2 is 2.07 bits per heavy atom. The van der Waals surface area contributed by atoms with E-state index in [1.807, 2.05) is 13.2 Å². The molecule has 0 bridgehead atoms. The molecule has 1 unspecified atom stereocenters. The van der Waals surface area contributed by atoms with E-state index in [0.29, 0.717) is 6.04 Å². The van der Waals surface area contributed by atoms with E-state index < -0.39 is 0 Å². The van der Waals surface area contributed by atoms with E-state index >= 15 is 0 Å².